The number of halogens is 1. The average molecular weight is 409 g/mol. The Morgan fingerprint density at radius 1 is 1.23 bits per heavy atom. The number of rotatable bonds is 5. The number of carbonyl (C=O) groups is 1. The van der Waals surface area contributed by atoms with Gasteiger partial charge in [0.25, 0.3) is 0 Å². The molecule has 4 nitrogen and oxygen atoms in total. The molecule has 0 bridgehead atoms. The van der Waals surface area contributed by atoms with Crippen molar-refractivity contribution in [1.29, 1.82) is 0 Å². The molecule has 0 saturated carbocycles. The van der Waals surface area contributed by atoms with Gasteiger partial charge in [0.2, 0.25) is 0 Å². The summed E-state index contributed by atoms with van der Waals surface area (Å²) >= 11 is 0. The summed E-state index contributed by atoms with van der Waals surface area (Å²) in [6.45, 7) is 11.2. The van der Waals surface area contributed by atoms with E-state index in [0.29, 0.717) is 16.8 Å². The number of esters is 1. The zero-order valence-electron chi connectivity index (χ0n) is 18.5. The first kappa shape index (κ1) is 21.8. The van der Waals surface area contributed by atoms with Gasteiger partial charge in [-0.1, -0.05) is 19.1 Å². The van der Waals surface area contributed by atoms with Crippen LogP contribution in [0.3, 0.4) is 0 Å². The van der Waals surface area contributed by atoms with Gasteiger partial charge in [0.15, 0.2) is 0 Å². The number of nitrogens with zero attached hydrogens (tertiary/aromatic N) is 2. The van der Waals surface area contributed by atoms with Crippen molar-refractivity contribution in [2.45, 2.75) is 46.6 Å². The second-order valence-electron chi connectivity index (χ2n) is 8.27. The second kappa shape index (κ2) is 8.42. The van der Waals surface area contributed by atoms with E-state index in [0.717, 1.165) is 35.4 Å². The number of carbonyl (C=O) groups excluding carboxylic acids is 1. The highest BCUT2D eigenvalue weighted by Crippen LogP contribution is 2.40. The number of fused-ring (bicyclic) bond motifs is 1. The summed E-state index contributed by atoms with van der Waals surface area (Å²) in [5, 5.41) is 0. The van der Waals surface area contributed by atoms with E-state index in [1.165, 1.54) is 13.3 Å². The van der Waals surface area contributed by atoms with Gasteiger partial charge >= 0.3 is 5.97 Å². The fraction of sp³-hybridized carbons (Fsp3) is 0.360. The van der Waals surface area contributed by atoms with Crippen molar-refractivity contribution in [2.24, 2.45) is 4.99 Å². The molecule has 0 atom stereocenters. The van der Waals surface area contributed by atoms with Gasteiger partial charge in [-0.2, -0.15) is 0 Å². The molecule has 1 aliphatic heterocycles. The molecule has 0 radical (unpaired) electrons. The first-order chi connectivity index (χ1) is 14.2. The smallest absolute Gasteiger partial charge is 0.337 e. The molecule has 0 spiro atoms. The lowest BCUT2D eigenvalue weighted by Crippen LogP contribution is -2.45. The zero-order valence-corrected chi connectivity index (χ0v) is 18.5. The lowest BCUT2D eigenvalue weighted by Gasteiger charge is -2.43. The van der Waals surface area contributed by atoms with Crippen molar-refractivity contribution < 1.29 is 13.9 Å². The summed E-state index contributed by atoms with van der Waals surface area (Å²) in [5.74, 6) is -0.739. The highest BCUT2D eigenvalue weighted by Gasteiger charge is 2.31. The molecule has 0 N–H and O–H groups in total. The third kappa shape index (κ3) is 4.16. The Morgan fingerprint density at radius 3 is 2.63 bits per heavy atom. The number of aliphatic imine (C=N–C) groups is 1. The molecular formula is C25H29FN2O2. The minimum atomic E-state index is -0.425. The average Bonchev–Trinajstić information content (AvgIpc) is 2.70. The monoisotopic (exact) mass is 408 g/mol. The van der Waals surface area contributed by atoms with E-state index in [1.807, 2.05) is 13.0 Å². The van der Waals surface area contributed by atoms with Crippen molar-refractivity contribution in [3.05, 3.63) is 64.5 Å². The quantitative estimate of drug-likeness (QED) is 0.444. The van der Waals surface area contributed by atoms with Crippen LogP contribution < -0.4 is 4.90 Å². The molecule has 30 heavy (non-hydrogen) atoms. The van der Waals surface area contributed by atoms with Gasteiger partial charge in [-0.05, 0) is 69.5 Å². The number of ether oxygens (including phenoxy) is 1. The molecule has 0 saturated heterocycles. The first-order valence-electron chi connectivity index (χ1n) is 10.2. The van der Waals surface area contributed by atoms with Gasteiger partial charge < -0.3 is 9.64 Å². The maximum absolute atomic E-state index is 15.0. The molecule has 1 heterocycles. The van der Waals surface area contributed by atoms with Crippen LogP contribution in [0.4, 0.5) is 15.8 Å². The van der Waals surface area contributed by atoms with Gasteiger partial charge in [0.1, 0.15) is 5.82 Å². The molecule has 5 heteroatoms. The molecule has 0 aromatic heterocycles. The molecule has 0 aliphatic carbocycles. The van der Waals surface area contributed by atoms with E-state index in [2.05, 4.69) is 43.7 Å². The molecule has 0 fully saturated rings. The van der Waals surface area contributed by atoms with Crippen LogP contribution in [-0.4, -0.2) is 31.4 Å². The maximum atomic E-state index is 15.0. The minimum absolute atomic E-state index is 0.166. The Bertz CT molecular complexity index is 1040. The van der Waals surface area contributed by atoms with Gasteiger partial charge in [-0.3, -0.25) is 4.99 Å². The summed E-state index contributed by atoms with van der Waals surface area (Å²) in [7, 11) is 1.34. The van der Waals surface area contributed by atoms with Gasteiger partial charge in [0, 0.05) is 29.6 Å². The predicted molar refractivity (Wildman–Crippen MR) is 122 cm³/mol. The number of benzene rings is 2. The molecule has 3 rings (SSSR count). The van der Waals surface area contributed by atoms with Crippen LogP contribution in [0.5, 0.6) is 0 Å². The van der Waals surface area contributed by atoms with Crippen molar-refractivity contribution in [1.82, 2.24) is 0 Å². The minimum Gasteiger partial charge on any atom is -0.465 e. The maximum Gasteiger partial charge on any atom is 0.337 e. The fourth-order valence-electron chi connectivity index (χ4n) is 3.98. The van der Waals surface area contributed by atoms with Crippen molar-refractivity contribution in [3.63, 3.8) is 0 Å². The van der Waals surface area contributed by atoms with E-state index >= 15 is 4.39 Å². The predicted octanol–water partition coefficient (Wildman–Crippen LogP) is 6.08. The van der Waals surface area contributed by atoms with Crippen LogP contribution in [0, 0.1) is 12.7 Å². The number of anilines is 1. The normalized spacial score (nSPS) is 15.2. The van der Waals surface area contributed by atoms with Crippen LogP contribution in [-0.2, 0) is 4.74 Å². The van der Waals surface area contributed by atoms with Crippen LogP contribution in [0.25, 0.3) is 5.57 Å². The number of methoxy groups -OCH3 is 1. The molecule has 2 aromatic carbocycles. The second-order valence-corrected chi connectivity index (χ2v) is 8.27. The van der Waals surface area contributed by atoms with Crippen LogP contribution in [0.15, 0.2) is 41.4 Å². The Hall–Kier alpha value is -2.95. The van der Waals surface area contributed by atoms with E-state index in [4.69, 9.17) is 4.74 Å². The van der Waals surface area contributed by atoms with E-state index in [9.17, 15) is 4.79 Å². The van der Waals surface area contributed by atoms with Gasteiger partial charge in [-0.25, -0.2) is 9.18 Å². The third-order valence-electron chi connectivity index (χ3n) is 5.52. The Morgan fingerprint density at radius 2 is 1.97 bits per heavy atom. The topological polar surface area (TPSA) is 41.9 Å². The van der Waals surface area contributed by atoms with Crippen LogP contribution >= 0.6 is 0 Å². The number of aryl methyl sites for hydroxylation is 1. The Kier molecular flexibility index (Phi) is 6.11. The summed E-state index contributed by atoms with van der Waals surface area (Å²) in [6, 6.07) is 8.63. The molecule has 0 unspecified atom stereocenters. The summed E-state index contributed by atoms with van der Waals surface area (Å²) < 4.78 is 19.8. The van der Waals surface area contributed by atoms with E-state index < -0.39 is 5.97 Å². The van der Waals surface area contributed by atoms with Crippen LogP contribution in [0.2, 0.25) is 0 Å². The Labute approximate surface area is 178 Å². The summed E-state index contributed by atoms with van der Waals surface area (Å²) in [4.78, 5) is 18.5. The number of hydrogen-bond acceptors (Lipinski definition) is 4. The van der Waals surface area contributed by atoms with Crippen molar-refractivity contribution in [3.8, 4) is 0 Å². The summed E-state index contributed by atoms with van der Waals surface area (Å²) in [6.07, 6.45) is 4.74. The van der Waals surface area contributed by atoms with Gasteiger partial charge in [-0.15, -0.1) is 0 Å². The molecule has 158 valence electrons. The van der Waals surface area contributed by atoms with E-state index in [1.54, 1.807) is 24.3 Å². The highest BCUT2D eigenvalue weighted by molar-refractivity contribution is 5.92. The molecule has 2 aromatic rings. The Balaban J connectivity index is 2.02. The van der Waals surface area contributed by atoms with Crippen molar-refractivity contribution >= 4 is 29.1 Å². The molecular weight excluding hydrogens is 379 g/mol. The largest absolute Gasteiger partial charge is 0.465 e. The summed E-state index contributed by atoms with van der Waals surface area (Å²) in [5.41, 5.74) is 5.23. The highest BCUT2D eigenvalue weighted by atomic mass is 19.1. The van der Waals surface area contributed by atoms with Gasteiger partial charge in [0.05, 0.1) is 23.9 Å². The third-order valence-corrected chi connectivity index (χ3v) is 5.52. The fourth-order valence-corrected chi connectivity index (χ4v) is 3.98. The lowest BCUT2D eigenvalue weighted by molar-refractivity contribution is 0.0600. The van der Waals surface area contributed by atoms with Crippen molar-refractivity contribution in [2.75, 3.05) is 18.6 Å². The number of allylic oxidation sites excluding steroid dienone is 1. The molecule has 0 amide bonds. The lowest BCUT2D eigenvalue weighted by atomic mass is 9.87. The van der Waals surface area contributed by atoms with Crippen LogP contribution in [0.1, 0.15) is 61.2 Å². The number of hydrogen-bond donors (Lipinski definition) is 0. The van der Waals surface area contributed by atoms with E-state index in [-0.39, 0.29) is 11.4 Å². The standard InChI is InChI=1S/C25H29FN2O2/c1-7-10-28-23-13-21(26)19(11-20(23)17(3)14-25(28,4)5)15-27-22-12-18(24(29)30-6)9-8-16(22)2/h8-9,11-15H,7,10H2,1-6H3. The first-order valence-corrected chi connectivity index (χ1v) is 10.2. The zero-order chi connectivity index (χ0) is 22.1. The SMILES string of the molecule is CCCN1c2cc(F)c(C=Nc3cc(C(=O)OC)ccc3C)cc2C(C)=CC1(C)C. The molecule has 1 aliphatic rings.